The fourth-order valence-corrected chi connectivity index (χ4v) is 2.02. The third kappa shape index (κ3) is 2.65. The predicted octanol–water partition coefficient (Wildman–Crippen LogP) is 0.473. The van der Waals surface area contributed by atoms with Gasteiger partial charge in [0.2, 0.25) is 11.6 Å². The number of nitrogen functional groups attached to an aromatic ring is 1. The molecule has 1 aliphatic heterocycles. The van der Waals surface area contributed by atoms with Gasteiger partial charge in [0.1, 0.15) is 6.33 Å². The first kappa shape index (κ1) is 12.5. The molecule has 8 heteroatoms. The Hall–Kier alpha value is -1.96. The predicted molar refractivity (Wildman–Crippen MR) is 67.2 cm³/mol. The van der Waals surface area contributed by atoms with Gasteiger partial charge >= 0.3 is 5.69 Å². The monoisotopic (exact) mass is 252 g/mol. The van der Waals surface area contributed by atoms with E-state index in [-0.39, 0.29) is 23.4 Å². The average Bonchev–Trinajstić information content (AvgIpc) is 2.32. The molecule has 18 heavy (non-hydrogen) atoms. The number of nitro groups is 1. The summed E-state index contributed by atoms with van der Waals surface area (Å²) >= 11 is 0. The fourth-order valence-electron chi connectivity index (χ4n) is 2.02. The Labute approximate surface area is 104 Å². The lowest BCUT2D eigenvalue weighted by Crippen LogP contribution is -2.37. The van der Waals surface area contributed by atoms with Gasteiger partial charge in [-0.3, -0.25) is 10.1 Å². The van der Waals surface area contributed by atoms with Crippen LogP contribution in [0.25, 0.3) is 0 Å². The number of likely N-dealkylation sites (tertiary alicyclic amines) is 1. The topological polar surface area (TPSA) is 110 Å². The lowest BCUT2D eigenvalue weighted by molar-refractivity contribution is -0.383. The maximum atomic E-state index is 10.9. The van der Waals surface area contributed by atoms with Gasteiger partial charge in [0, 0.05) is 6.04 Å². The molecular formula is C10H16N6O2. The summed E-state index contributed by atoms with van der Waals surface area (Å²) in [6.45, 7) is 1.93. The molecule has 0 amide bonds. The summed E-state index contributed by atoms with van der Waals surface area (Å²) < 4.78 is 0. The molecule has 1 aromatic rings. The Balaban J connectivity index is 2.14. The molecule has 0 aliphatic carbocycles. The van der Waals surface area contributed by atoms with E-state index in [1.54, 1.807) is 0 Å². The van der Waals surface area contributed by atoms with Crippen LogP contribution in [-0.2, 0) is 0 Å². The van der Waals surface area contributed by atoms with E-state index in [2.05, 4.69) is 27.2 Å². The molecule has 0 bridgehead atoms. The van der Waals surface area contributed by atoms with Gasteiger partial charge in [0.15, 0.2) is 0 Å². The molecule has 0 radical (unpaired) electrons. The van der Waals surface area contributed by atoms with E-state index in [4.69, 9.17) is 5.73 Å². The van der Waals surface area contributed by atoms with Crippen LogP contribution in [0.2, 0.25) is 0 Å². The summed E-state index contributed by atoms with van der Waals surface area (Å²) in [5.74, 6) is 0.104. The first-order valence-electron chi connectivity index (χ1n) is 5.78. The standard InChI is InChI=1S/C10H16N6O2/c1-15-4-2-7(3-5-15)14-10-8(16(17)18)9(11)12-6-13-10/h6-7H,2-5H2,1H3,(H3,11,12,13,14). The average molecular weight is 252 g/mol. The molecule has 0 spiro atoms. The van der Waals surface area contributed by atoms with Crippen molar-refractivity contribution in [1.82, 2.24) is 14.9 Å². The number of hydrogen-bond acceptors (Lipinski definition) is 7. The zero-order chi connectivity index (χ0) is 13.1. The van der Waals surface area contributed by atoms with Crippen molar-refractivity contribution in [2.24, 2.45) is 0 Å². The number of aromatic nitrogens is 2. The molecule has 1 aliphatic rings. The molecule has 0 saturated carbocycles. The number of rotatable bonds is 3. The molecular weight excluding hydrogens is 236 g/mol. The minimum atomic E-state index is -0.549. The van der Waals surface area contributed by atoms with Crippen molar-refractivity contribution in [1.29, 1.82) is 0 Å². The van der Waals surface area contributed by atoms with Crippen LogP contribution in [0.1, 0.15) is 12.8 Å². The molecule has 1 aromatic heterocycles. The summed E-state index contributed by atoms with van der Waals surface area (Å²) in [6, 6.07) is 0.189. The summed E-state index contributed by atoms with van der Waals surface area (Å²) in [5, 5.41) is 14.0. The van der Waals surface area contributed by atoms with E-state index in [1.165, 1.54) is 6.33 Å². The van der Waals surface area contributed by atoms with Crippen LogP contribution in [0, 0.1) is 10.1 Å². The summed E-state index contributed by atoms with van der Waals surface area (Å²) in [4.78, 5) is 20.2. The molecule has 2 rings (SSSR count). The van der Waals surface area contributed by atoms with Crippen LogP contribution in [0.5, 0.6) is 0 Å². The lowest BCUT2D eigenvalue weighted by atomic mass is 10.1. The molecule has 0 unspecified atom stereocenters. The van der Waals surface area contributed by atoms with Gasteiger partial charge in [-0.25, -0.2) is 9.97 Å². The van der Waals surface area contributed by atoms with Gasteiger partial charge < -0.3 is 16.0 Å². The van der Waals surface area contributed by atoms with Crippen molar-refractivity contribution in [3.63, 3.8) is 0 Å². The Morgan fingerprint density at radius 1 is 1.50 bits per heavy atom. The van der Waals surface area contributed by atoms with Gasteiger partial charge in [-0.15, -0.1) is 0 Å². The van der Waals surface area contributed by atoms with E-state index >= 15 is 0 Å². The minimum absolute atomic E-state index is 0.106. The Kier molecular flexibility index (Phi) is 3.56. The molecule has 1 fully saturated rings. The highest BCUT2D eigenvalue weighted by atomic mass is 16.6. The van der Waals surface area contributed by atoms with Crippen molar-refractivity contribution in [2.75, 3.05) is 31.2 Å². The van der Waals surface area contributed by atoms with Crippen molar-refractivity contribution in [3.05, 3.63) is 16.4 Å². The van der Waals surface area contributed by atoms with Crippen LogP contribution >= 0.6 is 0 Å². The molecule has 3 N–H and O–H groups in total. The van der Waals surface area contributed by atoms with Gasteiger partial charge in [0.05, 0.1) is 4.92 Å². The van der Waals surface area contributed by atoms with Crippen LogP contribution in [0.3, 0.4) is 0 Å². The third-order valence-corrected chi connectivity index (χ3v) is 3.09. The molecule has 1 saturated heterocycles. The maximum absolute atomic E-state index is 10.9. The summed E-state index contributed by atoms with van der Waals surface area (Å²) in [5.41, 5.74) is 5.27. The second kappa shape index (κ2) is 5.13. The molecule has 2 heterocycles. The van der Waals surface area contributed by atoms with Gasteiger partial charge in [-0.1, -0.05) is 0 Å². The fraction of sp³-hybridized carbons (Fsp3) is 0.600. The van der Waals surface area contributed by atoms with Crippen molar-refractivity contribution >= 4 is 17.3 Å². The van der Waals surface area contributed by atoms with Crippen molar-refractivity contribution in [3.8, 4) is 0 Å². The Bertz CT molecular complexity index is 444. The van der Waals surface area contributed by atoms with Crippen molar-refractivity contribution in [2.45, 2.75) is 18.9 Å². The number of nitrogens with one attached hydrogen (secondary N) is 1. The maximum Gasteiger partial charge on any atom is 0.352 e. The van der Waals surface area contributed by atoms with Crippen LogP contribution < -0.4 is 11.1 Å². The SMILES string of the molecule is CN1CCC(Nc2ncnc(N)c2[N+](=O)[O-])CC1. The minimum Gasteiger partial charge on any atom is -0.378 e. The van der Waals surface area contributed by atoms with E-state index in [0.717, 1.165) is 25.9 Å². The second-order valence-electron chi connectivity index (χ2n) is 4.44. The largest absolute Gasteiger partial charge is 0.378 e. The molecule has 0 atom stereocenters. The van der Waals surface area contributed by atoms with Crippen molar-refractivity contribution < 1.29 is 4.92 Å². The number of piperidine rings is 1. The molecule has 98 valence electrons. The van der Waals surface area contributed by atoms with E-state index in [1.807, 2.05) is 0 Å². The number of anilines is 2. The third-order valence-electron chi connectivity index (χ3n) is 3.09. The number of hydrogen-bond donors (Lipinski definition) is 2. The zero-order valence-corrected chi connectivity index (χ0v) is 10.2. The Morgan fingerprint density at radius 2 is 2.17 bits per heavy atom. The normalized spacial score (nSPS) is 17.6. The second-order valence-corrected chi connectivity index (χ2v) is 4.44. The highest BCUT2D eigenvalue weighted by Gasteiger charge is 2.24. The zero-order valence-electron chi connectivity index (χ0n) is 10.2. The summed E-state index contributed by atoms with van der Waals surface area (Å²) in [7, 11) is 2.06. The first-order chi connectivity index (χ1) is 8.58. The quantitative estimate of drug-likeness (QED) is 0.594. The van der Waals surface area contributed by atoms with Crippen LogP contribution in [0.4, 0.5) is 17.3 Å². The van der Waals surface area contributed by atoms with E-state index < -0.39 is 4.92 Å². The van der Waals surface area contributed by atoms with Crippen LogP contribution in [-0.4, -0.2) is 46.0 Å². The molecule has 0 aromatic carbocycles. The Morgan fingerprint density at radius 3 is 2.78 bits per heavy atom. The number of nitrogens with zero attached hydrogens (tertiary/aromatic N) is 4. The van der Waals surface area contributed by atoms with Gasteiger partial charge in [-0.05, 0) is 33.0 Å². The number of nitrogens with two attached hydrogens (primary N) is 1. The smallest absolute Gasteiger partial charge is 0.352 e. The first-order valence-corrected chi connectivity index (χ1v) is 5.78. The highest BCUT2D eigenvalue weighted by Crippen LogP contribution is 2.28. The lowest BCUT2D eigenvalue weighted by Gasteiger charge is -2.29. The van der Waals surface area contributed by atoms with E-state index in [9.17, 15) is 10.1 Å². The van der Waals surface area contributed by atoms with Gasteiger partial charge in [-0.2, -0.15) is 0 Å². The van der Waals surface area contributed by atoms with E-state index in [0.29, 0.717) is 0 Å². The summed E-state index contributed by atoms with van der Waals surface area (Å²) in [6.07, 6.45) is 3.09. The van der Waals surface area contributed by atoms with Crippen LogP contribution in [0.15, 0.2) is 6.33 Å². The van der Waals surface area contributed by atoms with Gasteiger partial charge in [0.25, 0.3) is 0 Å². The molecule has 8 nitrogen and oxygen atoms in total. The highest BCUT2D eigenvalue weighted by molar-refractivity contribution is 5.67.